The first-order valence-corrected chi connectivity index (χ1v) is 4.82. The Morgan fingerprint density at radius 2 is 2.20 bits per heavy atom. The fourth-order valence-electron chi connectivity index (χ4n) is 0.843. The van der Waals surface area contributed by atoms with Crippen molar-refractivity contribution >= 4 is 29.2 Å². The number of halogens is 2. The highest BCUT2D eigenvalue weighted by Gasteiger charge is 2.12. The summed E-state index contributed by atoms with van der Waals surface area (Å²) < 4.78 is 5.12. The van der Waals surface area contributed by atoms with Crippen molar-refractivity contribution in [2.45, 2.75) is 6.04 Å². The molecule has 3 N–H and O–H groups in total. The monoisotopic (exact) mass is 249 g/mol. The van der Waals surface area contributed by atoms with Gasteiger partial charge in [0.05, 0.1) is 5.02 Å². The van der Waals surface area contributed by atoms with Crippen LogP contribution >= 0.6 is 23.2 Å². The normalized spacial score (nSPS) is 12.2. The summed E-state index contributed by atoms with van der Waals surface area (Å²) in [5, 5.41) is 9.32. The molecule has 0 bridgehead atoms. The quantitative estimate of drug-likeness (QED) is 0.854. The third kappa shape index (κ3) is 3.58. The van der Waals surface area contributed by atoms with Crippen molar-refractivity contribution in [2.75, 3.05) is 6.61 Å². The van der Waals surface area contributed by atoms with Gasteiger partial charge in [-0.1, -0.05) is 23.2 Å². The molecule has 0 aliphatic carbocycles. The molecule has 0 aliphatic heterocycles. The first-order valence-electron chi connectivity index (χ1n) is 4.07. The molecule has 1 aromatic rings. The van der Waals surface area contributed by atoms with Gasteiger partial charge in [0.2, 0.25) is 0 Å². The van der Waals surface area contributed by atoms with Gasteiger partial charge in [0.1, 0.15) is 18.4 Å². The second kappa shape index (κ2) is 5.21. The highest BCUT2D eigenvalue weighted by atomic mass is 35.5. The maximum atomic E-state index is 10.4. The van der Waals surface area contributed by atoms with Gasteiger partial charge >= 0.3 is 5.97 Å². The van der Waals surface area contributed by atoms with Gasteiger partial charge < -0.3 is 15.6 Å². The van der Waals surface area contributed by atoms with Crippen LogP contribution in [0.4, 0.5) is 0 Å². The van der Waals surface area contributed by atoms with Gasteiger partial charge in [-0.15, -0.1) is 0 Å². The minimum Gasteiger partial charge on any atom is -0.490 e. The molecule has 15 heavy (non-hydrogen) atoms. The third-order valence-corrected chi connectivity index (χ3v) is 2.16. The molecule has 1 aromatic carbocycles. The van der Waals surface area contributed by atoms with E-state index >= 15 is 0 Å². The predicted molar refractivity (Wildman–Crippen MR) is 57.6 cm³/mol. The lowest BCUT2D eigenvalue weighted by Crippen LogP contribution is -2.36. The van der Waals surface area contributed by atoms with E-state index in [0.29, 0.717) is 15.8 Å². The molecule has 82 valence electrons. The molecule has 0 radical (unpaired) electrons. The van der Waals surface area contributed by atoms with E-state index in [1.807, 2.05) is 0 Å². The number of nitrogens with two attached hydrogens (primary N) is 1. The molecule has 6 heteroatoms. The van der Waals surface area contributed by atoms with Crippen molar-refractivity contribution in [3.8, 4) is 5.75 Å². The zero-order valence-corrected chi connectivity index (χ0v) is 9.13. The molecule has 1 atom stereocenters. The SMILES string of the molecule is N[C@@H](COc1ccc(Cl)cc1Cl)C(=O)O. The predicted octanol–water partition coefficient (Wildman–Crippen LogP) is 1.78. The van der Waals surface area contributed by atoms with E-state index in [0.717, 1.165) is 0 Å². The number of hydrogen-bond acceptors (Lipinski definition) is 3. The molecule has 0 heterocycles. The van der Waals surface area contributed by atoms with E-state index in [9.17, 15) is 4.79 Å². The van der Waals surface area contributed by atoms with Crippen LogP contribution in [-0.2, 0) is 4.79 Å². The number of carboxylic acids is 1. The van der Waals surface area contributed by atoms with Crippen LogP contribution in [0.25, 0.3) is 0 Å². The van der Waals surface area contributed by atoms with Crippen LogP contribution in [0.15, 0.2) is 18.2 Å². The van der Waals surface area contributed by atoms with E-state index < -0.39 is 12.0 Å². The summed E-state index contributed by atoms with van der Waals surface area (Å²) >= 11 is 11.5. The average Bonchev–Trinajstić information content (AvgIpc) is 2.15. The van der Waals surface area contributed by atoms with E-state index in [-0.39, 0.29) is 6.61 Å². The lowest BCUT2D eigenvalue weighted by atomic mass is 10.3. The molecular weight excluding hydrogens is 241 g/mol. The van der Waals surface area contributed by atoms with Crippen molar-refractivity contribution in [1.29, 1.82) is 0 Å². The van der Waals surface area contributed by atoms with Gasteiger partial charge in [-0.2, -0.15) is 0 Å². The Hall–Kier alpha value is -0.970. The molecule has 0 saturated heterocycles. The zero-order chi connectivity index (χ0) is 11.4. The van der Waals surface area contributed by atoms with Gasteiger partial charge in [0.25, 0.3) is 0 Å². The summed E-state index contributed by atoms with van der Waals surface area (Å²) in [4.78, 5) is 10.4. The molecule has 0 amide bonds. The molecule has 1 rings (SSSR count). The molecule has 0 aliphatic rings. The Morgan fingerprint density at radius 1 is 1.53 bits per heavy atom. The Kier molecular flexibility index (Phi) is 4.20. The number of carbonyl (C=O) groups is 1. The van der Waals surface area contributed by atoms with Crippen LogP contribution in [0.2, 0.25) is 10.0 Å². The Bertz CT molecular complexity index is 370. The maximum Gasteiger partial charge on any atom is 0.324 e. The van der Waals surface area contributed by atoms with Crippen LogP contribution in [-0.4, -0.2) is 23.7 Å². The summed E-state index contributed by atoms with van der Waals surface area (Å²) in [6.45, 7) is -0.142. The van der Waals surface area contributed by atoms with Crippen molar-refractivity contribution in [3.63, 3.8) is 0 Å². The Balaban J connectivity index is 2.62. The van der Waals surface area contributed by atoms with Crippen LogP contribution in [0, 0.1) is 0 Å². The fraction of sp³-hybridized carbons (Fsp3) is 0.222. The highest BCUT2D eigenvalue weighted by Crippen LogP contribution is 2.27. The number of aliphatic carboxylic acids is 1. The van der Waals surface area contributed by atoms with E-state index in [2.05, 4.69) is 0 Å². The lowest BCUT2D eigenvalue weighted by Gasteiger charge is -2.10. The van der Waals surface area contributed by atoms with Gasteiger partial charge in [-0.25, -0.2) is 0 Å². The van der Waals surface area contributed by atoms with Crippen molar-refractivity contribution in [3.05, 3.63) is 28.2 Å². The summed E-state index contributed by atoms with van der Waals surface area (Å²) in [5.41, 5.74) is 5.25. The number of ether oxygens (including phenoxy) is 1. The summed E-state index contributed by atoms with van der Waals surface area (Å²) in [6, 6.07) is 3.58. The second-order valence-electron chi connectivity index (χ2n) is 2.83. The Morgan fingerprint density at radius 3 is 2.73 bits per heavy atom. The van der Waals surface area contributed by atoms with Gasteiger partial charge in [-0.3, -0.25) is 4.79 Å². The molecule has 0 saturated carbocycles. The minimum absolute atomic E-state index is 0.142. The van der Waals surface area contributed by atoms with Gasteiger partial charge in [-0.05, 0) is 18.2 Å². The second-order valence-corrected chi connectivity index (χ2v) is 3.67. The fourth-order valence-corrected chi connectivity index (χ4v) is 1.31. The number of carboxylic acid groups (broad SMARTS) is 1. The van der Waals surface area contributed by atoms with Gasteiger partial charge in [0.15, 0.2) is 0 Å². The van der Waals surface area contributed by atoms with Crippen LogP contribution in [0.5, 0.6) is 5.75 Å². The van der Waals surface area contributed by atoms with E-state index in [1.54, 1.807) is 12.1 Å². The van der Waals surface area contributed by atoms with Crippen molar-refractivity contribution in [1.82, 2.24) is 0 Å². The average molecular weight is 250 g/mol. The lowest BCUT2D eigenvalue weighted by molar-refractivity contribution is -0.139. The standard InChI is InChI=1S/C9H9Cl2NO3/c10-5-1-2-8(6(11)3-5)15-4-7(12)9(13)14/h1-3,7H,4,12H2,(H,13,14)/t7-/m0/s1. The first-order chi connectivity index (χ1) is 7.00. The van der Waals surface area contributed by atoms with Crippen LogP contribution in [0.3, 0.4) is 0 Å². The maximum absolute atomic E-state index is 10.4. The molecule has 0 aromatic heterocycles. The zero-order valence-electron chi connectivity index (χ0n) is 7.61. The molecule has 0 fully saturated rings. The van der Waals surface area contributed by atoms with Crippen molar-refractivity contribution in [2.24, 2.45) is 5.73 Å². The molecular formula is C9H9Cl2NO3. The Labute approximate surface area is 96.5 Å². The smallest absolute Gasteiger partial charge is 0.324 e. The summed E-state index contributed by atoms with van der Waals surface area (Å²) in [5.74, 6) is -0.766. The van der Waals surface area contributed by atoms with Crippen molar-refractivity contribution < 1.29 is 14.6 Å². The van der Waals surface area contributed by atoms with Crippen LogP contribution < -0.4 is 10.5 Å². The molecule has 4 nitrogen and oxygen atoms in total. The van der Waals surface area contributed by atoms with Gasteiger partial charge in [0, 0.05) is 5.02 Å². The minimum atomic E-state index is -1.12. The summed E-state index contributed by atoms with van der Waals surface area (Å²) in [7, 11) is 0. The first kappa shape index (κ1) is 12.1. The number of benzene rings is 1. The highest BCUT2D eigenvalue weighted by molar-refractivity contribution is 6.35. The van der Waals surface area contributed by atoms with E-state index in [4.69, 9.17) is 38.8 Å². The third-order valence-electron chi connectivity index (χ3n) is 1.63. The topological polar surface area (TPSA) is 72.5 Å². The number of rotatable bonds is 4. The molecule has 0 spiro atoms. The van der Waals surface area contributed by atoms with Crippen LogP contribution in [0.1, 0.15) is 0 Å². The number of hydrogen-bond donors (Lipinski definition) is 2. The molecule has 0 unspecified atom stereocenters. The largest absolute Gasteiger partial charge is 0.490 e. The van der Waals surface area contributed by atoms with E-state index in [1.165, 1.54) is 6.07 Å². The summed E-state index contributed by atoms with van der Waals surface area (Å²) in [6.07, 6.45) is 0.